The number of aliphatic hydroxyl groups excluding tert-OH is 1. The molecule has 2 nitrogen and oxygen atoms in total. The van der Waals surface area contributed by atoms with Crippen molar-refractivity contribution in [1.29, 1.82) is 0 Å². The second-order valence-electron chi connectivity index (χ2n) is 7.92. The van der Waals surface area contributed by atoms with E-state index in [2.05, 4.69) is 48.0 Å². The summed E-state index contributed by atoms with van der Waals surface area (Å²) < 4.78 is 0. The molecule has 0 saturated heterocycles. The maximum Gasteiger partial charge on any atom is 0.0702 e. The molecule has 0 atom stereocenters. The van der Waals surface area contributed by atoms with E-state index in [0.29, 0.717) is 5.92 Å². The molecule has 1 fully saturated rings. The molecule has 2 aromatic rings. The standard InChI is InChI=1S/C25H33NO/c1-2-3-4-5-6-7-8-20-9-18-25(26-19-20)23-12-10-21(11-13-23)22-14-16-24(27)17-15-22/h2,9-13,18-19,22,24,27H,1,3-8,14-17H2. The topological polar surface area (TPSA) is 33.1 Å². The van der Waals surface area contributed by atoms with Crippen molar-refractivity contribution in [2.75, 3.05) is 0 Å². The number of hydrogen-bond donors (Lipinski definition) is 1. The average Bonchev–Trinajstić information content (AvgIpc) is 2.72. The van der Waals surface area contributed by atoms with Gasteiger partial charge in [0.15, 0.2) is 0 Å². The Hall–Kier alpha value is -1.93. The van der Waals surface area contributed by atoms with Gasteiger partial charge in [0.2, 0.25) is 0 Å². The van der Waals surface area contributed by atoms with Crippen LogP contribution in [-0.2, 0) is 6.42 Å². The van der Waals surface area contributed by atoms with Gasteiger partial charge in [-0.05, 0) is 74.5 Å². The maximum absolute atomic E-state index is 9.68. The number of pyridine rings is 1. The summed E-state index contributed by atoms with van der Waals surface area (Å²) in [5.41, 5.74) is 4.97. The number of aliphatic hydroxyl groups is 1. The first-order valence-electron chi connectivity index (χ1n) is 10.6. The lowest BCUT2D eigenvalue weighted by atomic mass is 9.82. The SMILES string of the molecule is C=CCCCCCCc1ccc(-c2ccc(C3CCC(O)CC3)cc2)nc1. The molecule has 0 unspecified atom stereocenters. The molecule has 0 amide bonds. The van der Waals surface area contributed by atoms with Crippen molar-refractivity contribution in [1.82, 2.24) is 4.98 Å². The van der Waals surface area contributed by atoms with Crippen LogP contribution in [0.25, 0.3) is 11.3 Å². The molecule has 0 aliphatic heterocycles. The molecule has 3 rings (SSSR count). The lowest BCUT2D eigenvalue weighted by Gasteiger charge is -2.25. The van der Waals surface area contributed by atoms with Crippen LogP contribution >= 0.6 is 0 Å². The van der Waals surface area contributed by atoms with Crippen molar-refractivity contribution in [2.24, 2.45) is 0 Å². The minimum absolute atomic E-state index is 0.0876. The smallest absolute Gasteiger partial charge is 0.0702 e. The number of rotatable bonds is 9. The molecule has 1 N–H and O–H groups in total. The molecule has 1 saturated carbocycles. The van der Waals surface area contributed by atoms with Gasteiger partial charge in [-0.1, -0.05) is 49.2 Å². The monoisotopic (exact) mass is 363 g/mol. The Morgan fingerprint density at radius 1 is 0.926 bits per heavy atom. The van der Waals surface area contributed by atoms with E-state index >= 15 is 0 Å². The fourth-order valence-corrected chi connectivity index (χ4v) is 4.05. The number of unbranched alkanes of at least 4 members (excludes halogenated alkanes) is 4. The number of allylic oxidation sites excluding steroid dienone is 1. The van der Waals surface area contributed by atoms with Crippen LogP contribution in [0.1, 0.15) is 74.8 Å². The van der Waals surface area contributed by atoms with Gasteiger partial charge in [-0.3, -0.25) is 4.98 Å². The van der Waals surface area contributed by atoms with Crippen LogP contribution in [-0.4, -0.2) is 16.2 Å². The lowest BCUT2D eigenvalue weighted by molar-refractivity contribution is 0.122. The van der Waals surface area contributed by atoms with Gasteiger partial charge in [0.1, 0.15) is 0 Å². The minimum atomic E-state index is -0.0876. The van der Waals surface area contributed by atoms with Crippen molar-refractivity contribution in [3.05, 3.63) is 66.4 Å². The van der Waals surface area contributed by atoms with Crippen LogP contribution in [0.4, 0.5) is 0 Å². The average molecular weight is 364 g/mol. The van der Waals surface area contributed by atoms with Crippen molar-refractivity contribution < 1.29 is 5.11 Å². The third kappa shape index (κ3) is 6.04. The van der Waals surface area contributed by atoms with Crippen LogP contribution in [0.5, 0.6) is 0 Å². The molecule has 1 aliphatic carbocycles. The molecule has 1 heterocycles. The Kier molecular flexibility index (Phi) is 7.65. The van der Waals surface area contributed by atoms with E-state index < -0.39 is 0 Å². The van der Waals surface area contributed by atoms with Gasteiger partial charge in [-0.2, -0.15) is 0 Å². The van der Waals surface area contributed by atoms with Crippen LogP contribution in [0.3, 0.4) is 0 Å². The zero-order valence-corrected chi connectivity index (χ0v) is 16.4. The van der Waals surface area contributed by atoms with E-state index in [1.54, 1.807) is 0 Å². The fraction of sp³-hybridized carbons (Fsp3) is 0.480. The zero-order valence-electron chi connectivity index (χ0n) is 16.4. The molecular formula is C25H33NO. The second-order valence-corrected chi connectivity index (χ2v) is 7.92. The van der Waals surface area contributed by atoms with E-state index in [1.807, 2.05) is 12.3 Å². The van der Waals surface area contributed by atoms with Crippen LogP contribution in [0.2, 0.25) is 0 Å². The highest BCUT2D eigenvalue weighted by atomic mass is 16.3. The van der Waals surface area contributed by atoms with E-state index in [4.69, 9.17) is 0 Å². The quantitative estimate of drug-likeness (QED) is 0.410. The molecule has 1 aromatic heterocycles. The molecule has 0 radical (unpaired) electrons. The van der Waals surface area contributed by atoms with E-state index in [9.17, 15) is 5.11 Å². The molecule has 1 aliphatic rings. The first kappa shape index (κ1) is 19.8. The number of aromatic nitrogens is 1. The first-order chi connectivity index (χ1) is 13.3. The van der Waals surface area contributed by atoms with Gasteiger partial charge >= 0.3 is 0 Å². The summed E-state index contributed by atoms with van der Waals surface area (Å²) in [6.45, 7) is 3.77. The zero-order chi connectivity index (χ0) is 18.9. The highest BCUT2D eigenvalue weighted by Gasteiger charge is 2.20. The van der Waals surface area contributed by atoms with Crippen LogP contribution < -0.4 is 0 Å². The third-order valence-electron chi connectivity index (χ3n) is 5.82. The summed E-state index contributed by atoms with van der Waals surface area (Å²) in [5, 5.41) is 9.68. The van der Waals surface area contributed by atoms with Crippen molar-refractivity contribution in [2.45, 2.75) is 76.2 Å². The summed E-state index contributed by atoms with van der Waals surface area (Å²) in [7, 11) is 0. The summed E-state index contributed by atoms with van der Waals surface area (Å²) >= 11 is 0. The molecule has 0 bridgehead atoms. The highest BCUT2D eigenvalue weighted by Crippen LogP contribution is 2.33. The van der Waals surface area contributed by atoms with Gasteiger partial charge < -0.3 is 5.11 Å². The molecule has 0 spiro atoms. The number of aryl methyl sites for hydroxylation is 1. The third-order valence-corrected chi connectivity index (χ3v) is 5.82. The van der Waals surface area contributed by atoms with Crippen molar-refractivity contribution in [3.8, 4) is 11.3 Å². The molecule has 144 valence electrons. The van der Waals surface area contributed by atoms with Crippen molar-refractivity contribution in [3.63, 3.8) is 0 Å². The lowest BCUT2D eigenvalue weighted by Crippen LogP contribution is -2.16. The molecule has 1 aromatic carbocycles. The van der Waals surface area contributed by atoms with Crippen LogP contribution in [0, 0.1) is 0 Å². The van der Waals surface area contributed by atoms with Gasteiger partial charge in [-0.15, -0.1) is 6.58 Å². The Morgan fingerprint density at radius 3 is 2.33 bits per heavy atom. The van der Waals surface area contributed by atoms with Gasteiger partial charge in [0, 0.05) is 11.8 Å². The van der Waals surface area contributed by atoms with Gasteiger partial charge in [-0.25, -0.2) is 0 Å². The van der Waals surface area contributed by atoms with Crippen LogP contribution in [0.15, 0.2) is 55.3 Å². The summed E-state index contributed by atoms with van der Waals surface area (Å²) in [5.74, 6) is 0.601. The predicted molar refractivity (Wildman–Crippen MR) is 114 cm³/mol. The maximum atomic E-state index is 9.68. The summed E-state index contributed by atoms with van der Waals surface area (Å²) in [4.78, 5) is 4.68. The second kappa shape index (κ2) is 10.4. The molecule has 2 heteroatoms. The van der Waals surface area contributed by atoms with Crippen molar-refractivity contribution >= 4 is 0 Å². The minimum Gasteiger partial charge on any atom is -0.393 e. The first-order valence-corrected chi connectivity index (χ1v) is 10.6. The normalized spacial score (nSPS) is 19.7. The molecule has 27 heavy (non-hydrogen) atoms. The summed E-state index contributed by atoms with van der Waals surface area (Å²) in [6, 6.07) is 13.3. The Labute approximate surface area is 164 Å². The Morgan fingerprint density at radius 2 is 1.67 bits per heavy atom. The fourth-order valence-electron chi connectivity index (χ4n) is 4.05. The predicted octanol–water partition coefficient (Wildman–Crippen LogP) is 6.45. The number of benzene rings is 1. The molecular weight excluding hydrogens is 330 g/mol. The van der Waals surface area contributed by atoms with E-state index in [-0.39, 0.29) is 6.10 Å². The van der Waals surface area contributed by atoms with Gasteiger partial charge in [0.25, 0.3) is 0 Å². The Balaban J connectivity index is 1.50. The van der Waals surface area contributed by atoms with E-state index in [1.165, 1.54) is 42.4 Å². The largest absolute Gasteiger partial charge is 0.393 e. The number of hydrogen-bond acceptors (Lipinski definition) is 2. The summed E-state index contributed by atoms with van der Waals surface area (Å²) in [6.07, 6.45) is 15.4. The highest BCUT2D eigenvalue weighted by molar-refractivity contribution is 5.59. The van der Waals surface area contributed by atoms with Gasteiger partial charge in [0.05, 0.1) is 11.8 Å². The Bertz CT molecular complexity index is 681. The van der Waals surface area contributed by atoms with E-state index in [0.717, 1.165) is 44.2 Å². The number of nitrogens with zero attached hydrogens (tertiary/aromatic N) is 1.